The zero-order valence-electron chi connectivity index (χ0n) is 11.6. The highest BCUT2D eigenvalue weighted by atomic mass is 32.1. The molecular formula is C16H25NOS. The second-order valence-electron chi connectivity index (χ2n) is 6.14. The van der Waals surface area contributed by atoms with E-state index in [1.54, 1.807) is 10.4 Å². The Balaban J connectivity index is 1.58. The summed E-state index contributed by atoms with van der Waals surface area (Å²) in [5, 5.41) is 15.5. The van der Waals surface area contributed by atoms with Gasteiger partial charge in [0.25, 0.3) is 0 Å². The van der Waals surface area contributed by atoms with Gasteiger partial charge in [0.15, 0.2) is 0 Å². The van der Waals surface area contributed by atoms with Crippen LogP contribution in [0.2, 0.25) is 0 Å². The molecule has 1 saturated carbocycles. The summed E-state index contributed by atoms with van der Waals surface area (Å²) in [5.74, 6) is 1.22. The number of nitrogens with one attached hydrogen (secondary N) is 1. The molecule has 106 valence electrons. The van der Waals surface area contributed by atoms with E-state index in [0.717, 1.165) is 6.54 Å². The lowest BCUT2D eigenvalue weighted by Crippen LogP contribution is -2.35. The summed E-state index contributed by atoms with van der Waals surface area (Å²) < 4.78 is 0. The number of aliphatic hydroxyl groups is 1. The molecule has 0 radical (unpaired) electrons. The third-order valence-corrected chi connectivity index (χ3v) is 5.98. The van der Waals surface area contributed by atoms with Gasteiger partial charge in [0.2, 0.25) is 0 Å². The Morgan fingerprint density at radius 2 is 2.00 bits per heavy atom. The highest BCUT2D eigenvalue weighted by molar-refractivity contribution is 7.10. The SMILES string of the molecule is OCC1CCCCC1CNC1CCCc2sccc21. The number of aryl methyl sites for hydroxylation is 1. The minimum atomic E-state index is 0.376. The van der Waals surface area contributed by atoms with E-state index in [2.05, 4.69) is 16.8 Å². The number of fused-ring (bicyclic) bond motifs is 1. The number of hydrogen-bond donors (Lipinski definition) is 2. The van der Waals surface area contributed by atoms with E-state index in [0.29, 0.717) is 24.5 Å². The van der Waals surface area contributed by atoms with E-state index in [1.165, 1.54) is 44.9 Å². The summed E-state index contributed by atoms with van der Waals surface area (Å²) in [7, 11) is 0. The zero-order valence-corrected chi connectivity index (χ0v) is 12.4. The van der Waals surface area contributed by atoms with Crippen LogP contribution in [-0.4, -0.2) is 18.3 Å². The van der Waals surface area contributed by atoms with Crippen molar-refractivity contribution in [3.63, 3.8) is 0 Å². The maximum Gasteiger partial charge on any atom is 0.0462 e. The average molecular weight is 279 g/mol. The fraction of sp³-hybridized carbons (Fsp3) is 0.750. The molecule has 2 nitrogen and oxygen atoms in total. The van der Waals surface area contributed by atoms with Gasteiger partial charge in [-0.1, -0.05) is 12.8 Å². The normalized spacial score (nSPS) is 31.1. The van der Waals surface area contributed by atoms with Crippen LogP contribution in [0.3, 0.4) is 0 Å². The van der Waals surface area contributed by atoms with Gasteiger partial charge in [-0.05, 0) is 67.5 Å². The maximum atomic E-state index is 9.50. The molecule has 3 heteroatoms. The minimum absolute atomic E-state index is 0.376. The van der Waals surface area contributed by atoms with Crippen molar-refractivity contribution in [2.24, 2.45) is 11.8 Å². The Morgan fingerprint density at radius 3 is 2.84 bits per heavy atom. The Morgan fingerprint density at radius 1 is 1.16 bits per heavy atom. The van der Waals surface area contributed by atoms with Crippen molar-refractivity contribution in [3.8, 4) is 0 Å². The lowest BCUT2D eigenvalue weighted by Gasteiger charge is -2.33. The fourth-order valence-corrected chi connectivity index (χ4v) is 4.77. The second-order valence-corrected chi connectivity index (χ2v) is 7.14. The van der Waals surface area contributed by atoms with Crippen LogP contribution in [0.15, 0.2) is 11.4 Å². The molecule has 2 aliphatic carbocycles. The molecule has 2 N–H and O–H groups in total. The third-order valence-electron chi connectivity index (χ3n) is 4.98. The highest BCUT2D eigenvalue weighted by Gasteiger charge is 2.26. The lowest BCUT2D eigenvalue weighted by molar-refractivity contribution is 0.130. The van der Waals surface area contributed by atoms with Gasteiger partial charge >= 0.3 is 0 Å². The number of rotatable bonds is 4. The first kappa shape index (κ1) is 13.6. The van der Waals surface area contributed by atoms with Crippen molar-refractivity contribution in [1.29, 1.82) is 0 Å². The number of aliphatic hydroxyl groups excluding tert-OH is 1. The molecule has 2 aliphatic rings. The number of hydrogen-bond acceptors (Lipinski definition) is 3. The van der Waals surface area contributed by atoms with Crippen LogP contribution >= 0.6 is 11.3 Å². The largest absolute Gasteiger partial charge is 0.396 e. The maximum absolute atomic E-state index is 9.50. The molecule has 1 fully saturated rings. The molecule has 1 heterocycles. The van der Waals surface area contributed by atoms with E-state index in [4.69, 9.17) is 0 Å². The molecule has 0 amide bonds. The molecule has 0 saturated heterocycles. The first-order valence-electron chi connectivity index (χ1n) is 7.79. The zero-order chi connectivity index (χ0) is 13.1. The van der Waals surface area contributed by atoms with Crippen LogP contribution in [-0.2, 0) is 6.42 Å². The van der Waals surface area contributed by atoms with Crippen molar-refractivity contribution >= 4 is 11.3 Å². The van der Waals surface area contributed by atoms with Gasteiger partial charge in [-0.3, -0.25) is 0 Å². The van der Waals surface area contributed by atoms with Crippen LogP contribution in [0.5, 0.6) is 0 Å². The van der Waals surface area contributed by atoms with E-state index in [1.807, 2.05) is 11.3 Å². The summed E-state index contributed by atoms with van der Waals surface area (Å²) in [6.07, 6.45) is 9.03. The van der Waals surface area contributed by atoms with Crippen molar-refractivity contribution in [2.45, 2.75) is 51.0 Å². The summed E-state index contributed by atoms with van der Waals surface area (Å²) >= 11 is 1.92. The van der Waals surface area contributed by atoms with Crippen LogP contribution in [0.25, 0.3) is 0 Å². The minimum Gasteiger partial charge on any atom is -0.396 e. The third kappa shape index (κ3) is 3.04. The molecule has 19 heavy (non-hydrogen) atoms. The van der Waals surface area contributed by atoms with E-state index in [-0.39, 0.29) is 0 Å². The molecule has 3 unspecified atom stereocenters. The topological polar surface area (TPSA) is 32.3 Å². The number of thiophene rings is 1. The second kappa shape index (κ2) is 6.38. The molecule has 0 aliphatic heterocycles. The van der Waals surface area contributed by atoms with Gasteiger partial charge in [0.1, 0.15) is 0 Å². The van der Waals surface area contributed by atoms with Gasteiger partial charge in [0.05, 0.1) is 0 Å². The van der Waals surface area contributed by atoms with Gasteiger partial charge in [0, 0.05) is 17.5 Å². The van der Waals surface area contributed by atoms with Gasteiger partial charge in [-0.25, -0.2) is 0 Å². The Labute approximate surface area is 120 Å². The summed E-state index contributed by atoms with van der Waals surface area (Å²) in [5.41, 5.74) is 1.55. The molecule has 1 aromatic rings. The van der Waals surface area contributed by atoms with Gasteiger partial charge < -0.3 is 10.4 Å². The Kier molecular flexibility index (Phi) is 4.57. The molecule has 1 aromatic heterocycles. The molecular weight excluding hydrogens is 254 g/mol. The highest BCUT2D eigenvalue weighted by Crippen LogP contribution is 2.34. The Bertz CT molecular complexity index is 403. The first-order chi connectivity index (χ1) is 9.38. The summed E-state index contributed by atoms with van der Waals surface area (Å²) in [6.45, 7) is 1.46. The van der Waals surface area contributed by atoms with Crippen molar-refractivity contribution in [3.05, 3.63) is 21.9 Å². The van der Waals surface area contributed by atoms with Crippen molar-refractivity contribution in [1.82, 2.24) is 5.32 Å². The summed E-state index contributed by atoms with van der Waals surface area (Å²) in [4.78, 5) is 1.59. The monoisotopic (exact) mass is 279 g/mol. The van der Waals surface area contributed by atoms with E-state index in [9.17, 15) is 5.11 Å². The predicted molar refractivity (Wildman–Crippen MR) is 80.5 cm³/mol. The van der Waals surface area contributed by atoms with Crippen LogP contribution in [0.1, 0.15) is 55.0 Å². The van der Waals surface area contributed by atoms with Crippen LogP contribution in [0.4, 0.5) is 0 Å². The summed E-state index contributed by atoms with van der Waals surface area (Å²) in [6, 6.07) is 2.87. The van der Waals surface area contributed by atoms with E-state index < -0.39 is 0 Å². The van der Waals surface area contributed by atoms with Gasteiger partial charge in [-0.2, -0.15) is 0 Å². The molecule has 3 atom stereocenters. The van der Waals surface area contributed by atoms with E-state index >= 15 is 0 Å². The van der Waals surface area contributed by atoms with Crippen molar-refractivity contribution in [2.75, 3.05) is 13.2 Å². The quantitative estimate of drug-likeness (QED) is 0.884. The smallest absolute Gasteiger partial charge is 0.0462 e. The molecule has 0 spiro atoms. The van der Waals surface area contributed by atoms with Crippen LogP contribution in [0, 0.1) is 11.8 Å². The predicted octanol–water partition coefficient (Wildman–Crippen LogP) is 3.51. The average Bonchev–Trinajstić information content (AvgIpc) is 2.94. The first-order valence-corrected chi connectivity index (χ1v) is 8.67. The lowest BCUT2D eigenvalue weighted by atomic mass is 9.79. The van der Waals surface area contributed by atoms with Gasteiger partial charge in [-0.15, -0.1) is 11.3 Å². The molecule has 0 aromatic carbocycles. The fourth-order valence-electron chi connectivity index (χ4n) is 3.79. The van der Waals surface area contributed by atoms with Crippen molar-refractivity contribution < 1.29 is 5.11 Å². The van der Waals surface area contributed by atoms with Crippen LogP contribution < -0.4 is 5.32 Å². The Hall–Kier alpha value is -0.380. The molecule has 3 rings (SSSR count). The standard InChI is InChI=1S/C16H25NOS/c18-11-13-5-2-1-4-12(13)10-17-15-6-3-7-16-14(15)8-9-19-16/h8-9,12-13,15,17-18H,1-7,10-11H2. The molecule has 0 bridgehead atoms.